The Labute approximate surface area is 155 Å². The molecule has 1 aromatic carbocycles. The van der Waals surface area contributed by atoms with E-state index in [4.69, 9.17) is 12.2 Å². The van der Waals surface area contributed by atoms with Crippen LogP contribution in [-0.2, 0) is 6.54 Å². The predicted molar refractivity (Wildman–Crippen MR) is 108 cm³/mol. The third kappa shape index (κ3) is 5.14. The largest absolute Gasteiger partial charge is 0.369 e. The minimum atomic E-state index is 0.584. The van der Waals surface area contributed by atoms with E-state index >= 15 is 0 Å². The number of rotatable bonds is 4. The average molecular weight is 356 g/mol. The van der Waals surface area contributed by atoms with Crippen LogP contribution in [0.15, 0.2) is 42.5 Å². The summed E-state index contributed by atoms with van der Waals surface area (Å²) in [6, 6.07) is 14.5. The van der Waals surface area contributed by atoms with E-state index in [0.717, 1.165) is 37.7 Å². The number of benzene rings is 1. The van der Waals surface area contributed by atoms with Crippen molar-refractivity contribution in [1.29, 1.82) is 0 Å². The third-order valence-electron chi connectivity index (χ3n) is 4.39. The molecule has 2 heterocycles. The van der Waals surface area contributed by atoms with Gasteiger partial charge in [-0.25, -0.2) is 4.98 Å². The summed E-state index contributed by atoms with van der Waals surface area (Å²) in [5.41, 5.74) is 3.47. The predicted octanol–water partition coefficient (Wildman–Crippen LogP) is 2.63. The molecule has 1 aromatic heterocycles. The molecule has 132 valence electrons. The minimum absolute atomic E-state index is 0.584. The molecule has 0 bridgehead atoms. The highest BCUT2D eigenvalue weighted by molar-refractivity contribution is 7.80. The van der Waals surface area contributed by atoms with E-state index in [0.29, 0.717) is 11.7 Å². The van der Waals surface area contributed by atoms with Gasteiger partial charge in [0.15, 0.2) is 5.11 Å². The first-order valence-electron chi connectivity index (χ1n) is 8.61. The lowest BCUT2D eigenvalue weighted by atomic mass is 10.2. The molecule has 0 amide bonds. The second-order valence-corrected chi connectivity index (χ2v) is 6.84. The van der Waals surface area contributed by atoms with Crippen LogP contribution in [0.2, 0.25) is 0 Å². The average Bonchev–Trinajstić information content (AvgIpc) is 2.61. The highest BCUT2D eigenvalue weighted by Crippen LogP contribution is 2.17. The molecule has 3 rings (SSSR count). The monoisotopic (exact) mass is 355 g/mol. The molecule has 1 aliphatic rings. The number of nitrogens with one attached hydrogen (secondary N) is 2. The lowest BCUT2D eigenvalue weighted by molar-refractivity contribution is 0.313. The molecule has 0 radical (unpaired) electrons. The lowest BCUT2D eigenvalue weighted by Crippen LogP contribution is -2.44. The Kier molecular flexibility index (Phi) is 5.83. The van der Waals surface area contributed by atoms with Crippen molar-refractivity contribution in [2.24, 2.45) is 0 Å². The Morgan fingerprint density at radius 2 is 1.80 bits per heavy atom. The van der Waals surface area contributed by atoms with Crippen molar-refractivity contribution in [1.82, 2.24) is 15.2 Å². The van der Waals surface area contributed by atoms with Gasteiger partial charge >= 0.3 is 0 Å². The van der Waals surface area contributed by atoms with Crippen molar-refractivity contribution in [3.05, 3.63) is 53.7 Å². The van der Waals surface area contributed by atoms with E-state index < -0.39 is 0 Å². The molecule has 0 aliphatic carbocycles. The number of aromatic nitrogens is 1. The molecule has 1 fully saturated rings. The highest BCUT2D eigenvalue weighted by Gasteiger charge is 2.13. The van der Waals surface area contributed by atoms with E-state index in [9.17, 15) is 0 Å². The van der Waals surface area contributed by atoms with Gasteiger partial charge in [-0.3, -0.25) is 0 Å². The molecule has 0 unspecified atom stereocenters. The van der Waals surface area contributed by atoms with Gasteiger partial charge in [-0.2, -0.15) is 0 Å². The van der Waals surface area contributed by atoms with Gasteiger partial charge in [0.05, 0.1) is 0 Å². The van der Waals surface area contributed by atoms with Crippen LogP contribution >= 0.6 is 12.2 Å². The number of nitrogens with zero attached hydrogens (tertiary/aromatic N) is 3. The molecule has 0 spiro atoms. The first kappa shape index (κ1) is 17.6. The highest BCUT2D eigenvalue weighted by atomic mass is 32.1. The summed E-state index contributed by atoms with van der Waals surface area (Å²) >= 11 is 5.34. The van der Waals surface area contributed by atoms with Crippen molar-refractivity contribution in [2.75, 3.05) is 43.4 Å². The molecule has 2 N–H and O–H groups in total. The van der Waals surface area contributed by atoms with Crippen molar-refractivity contribution < 1.29 is 0 Å². The van der Waals surface area contributed by atoms with Gasteiger partial charge in [-0.1, -0.05) is 18.2 Å². The number of likely N-dealkylation sites (N-methyl/N-ethyl adjacent to an activating group) is 1. The molecule has 2 aromatic rings. The Morgan fingerprint density at radius 3 is 2.48 bits per heavy atom. The summed E-state index contributed by atoms with van der Waals surface area (Å²) in [6.45, 7) is 7.08. The van der Waals surface area contributed by atoms with Crippen LogP contribution in [-0.4, -0.2) is 48.2 Å². The molecular weight excluding hydrogens is 330 g/mol. The van der Waals surface area contributed by atoms with Crippen LogP contribution in [0.4, 0.5) is 11.5 Å². The molecule has 0 atom stereocenters. The lowest BCUT2D eigenvalue weighted by Gasteiger charge is -2.34. The van der Waals surface area contributed by atoms with Gasteiger partial charge in [0.1, 0.15) is 5.82 Å². The van der Waals surface area contributed by atoms with Crippen LogP contribution in [0, 0.1) is 6.92 Å². The summed E-state index contributed by atoms with van der Waals surface area (Å²) in [4.78, 5) is 9.19. The van der Waals surface area contributed by atoms with Crippen molar-refractivity contribution in [3.8, 4) is 0 Å². The topological polar surface area (TPSA) is 43.4 Å². The Morgan fingerprint density at radius 1 is 1.08 bits per heavy atom. The SMILES string of the molecule is Cc1cccc(NC(=S)NCc2ccc(N3CCN(C)CC3)cc2)n1. The Bertz CT molecular complexity index is 708. The number of thiocarbonyl (C=S) groups is 1. The second kappa shape index (κ2) is 8.27. The maximum absolute atomic E-state index is 5.34. The summed E-state index contributed by atoms with van der Waals surface area (Å²) in [5, 5.41) is 6.93. The number of anilines is 2. The van der Waals surface area contributed by atoms with Gasteiger partial charge in [0.25, 0.3) is 0 Å². The summed E-state index contributed by atoms with van der Waals surface area (Å²) in [7, 11) is 2.18. The number of aryl methyl sites for hydroxylation is 1. The quantitative estimate of drug-likeness (QED) is 0.822. The number of pyridine rings is 1. The van der Waals surface area contributed by atoms with Crippen LogP contribution in [0.3, 0.4) is 0 Å². The Hall–Kier alpha value is -2.18. The zero-order valence-electron chi connectivity index (χ0n) is 14.8. The summed E-state index contributed by atoms with van der Waals surface area (Å²) in [6.07, 6.45) is 0. The van der Waals surface area contributed by atoms with Crippen LogP contribution < -0.4 is 15.5 Å². The van der Waals surface area contributed by atoms with Crippen molar-refractivity contribution in [2.45, 2.75) is 13.5 Å². The van der Waals surface area contributed by atoms with Crippen LogP contribution in [0.1, 0.15) is 11.3 Å². The number of hydrogen-bond donors (Lipinski definition) is 2. The first-order chi connectivity index (χ1) is 12.1. The molecule has 0 saturated carbocycles. The zero-order valence-corrected chi connectivity index (χ0v) is 15.6. The summed E-state index contributed by atoms with van der Waals surface area (Å²) in [5.74, 6) is 0.767. The maximum atomic E-state index is 5.34. The Balaban J connectivity index is 1.49. The first-order valence-corrected chi connectivity index (χ1v) is 9.02. The fraction of sp³-hybridized carbons (Fsp3) is 0.368. The van der Waals surface area contributed by atoms with E-state index in [1.54, 1.807) is 0 Å². The van der Waals surface area contributed by atoms with E-state index in [1.165, 1.54) is 11.3 Å². The van der Waals surface area contributed by atoms with E-state index in [2.05, 4.69) is 56.7 Å². The number of hydrogen-bond acceptors (Lipinski definition) is 4. The van der Waals surface area contributed by atoms with Crippen molar-refractivity contribution in [3.63, 3.8) is 0 Å². The standard InChI is InChI=1S/C19H25N5S/c1-15-4-3-5-18(21-15)22-19(25)20-14-16-6-8-17(9-7-16)24-12-10-23(2)11-13-24/h3-9H,10-14H2,1-2H3,(H2,20,21,22,25). The third-order valence-corrected chi connectivity index (χ3v) is 4.63. The molecule has 1 saturated heterocycles. The fourth-order valence-corrected chi connectivity index (χ4v) is 3.02. The van der Waals surface area contributed by atoms with Crippen LogP contribution in [0.5, 0.6) is 0 Å². The van der Waals surface area contributed by atoms with Crippen molar-refractivity contribution >= 4 is 28.8 Å². The van der Waals surface area contributed by atoms with E-state index in [-0.39, 0.29) is 0 Å². The second-order valence-electron chi connectivity index (χ2n) is 6.43. The molecule has 1 aliphatic heterocycles. The van der Waals surface area contributed by atoms with Gasteiger partial charge in [0.2, 0.25) is 0 Å². The normalized spacial score (nSPS) is 15.0. The van der Waals surface area contributed by atoms with Gasteiger partial charge in [0, 0.05) is 44.1 Å². The van der Waals surface area contributed by atoms with Crippen LogP contribution in [0.25, 0.3) is 0 Å². The smallest absolute Gasteiger partial charge is 0.172 e. The minimum Gasteiger partial charge on any atom is -0.369 e. The zero-order chi connectivity index (χ0) is 17.6. The number of piperazine rings is 1. The molecule has 5 nitrogen and oxygen atoms in total. The van der Waals surface area contributed by atoms with Gasteiger partial charge in [-0.05, 0) is 56.0 Å². The maximum Gasteiger partial charge on any atom is 0.172 e. The molecular formula is C19H25N5S. The molecule has 25 heavy (non-hydrogen) atoms. The summed E-state index contributed by atoms with van der Waals surface area (Å²) < 4.78 is 0. The molecule has 6 heteroatoms. The fourth-order valence-electron chi connectivity index (χ4n) is 2.84. The van der Waals surface area contributed by atoms with Gasteiger partial charge < -0.3 is 20.4 Å². The van der Waals surface area contributed by atoms with Gasteiger partial charge in [-0.15, -0.1) is 0 Å². The van der Waals surface area contributed by atoms with E-state index in [1.807, 2.05) is 25.1 Å².